The van der Waals surface area contributed by atoms with E-state index in [9.17, 15) is 73.1 Å². The first-order valence-electron chi connectivity index (χ1n) is 40.3. The number of benzene rings is 6. The highest BCUT2D eigenvalue weighted by Gasteiger charge is 2.52. The molecule has 8 saturated heterocycles. The molecule has 6 aromatic rings. The van der Waals surface area contributed by atoms with Crippen LogP contribution in [-0.2, 0) is 47.4 Å². The zero-order valence-corrected chi connectivity index (χ0v) is 66.8. The first-order chi connectivity index (χ1) is 55.1. The predicted octanol–water partition coefficient (Wildman–Crippen LogP) is 16.2. The van der Waals surface area contributed by atoms with Crippen LogP contribution in [0.4, 0.5) is 53.9 Å². The number of carbonyl (C=O) groups is 7. The molecule has 15 rings (SSSR count). The second kappa shape index (κ2) is 35.1. The number of likely N-dealkylation sites (tertiary alicyclic amines) is 6. The first-order valence-corrected chi connectivity index (χ1v) is 40.3. The van der Waals surface area contributed by atoms with Crippen molar-refractivity contribution in [1.82, 2.24) is 44.1 Å². The largest absolute Gasteiger partial charge is 0.448 e. The molecule has 8 amide bonds. The van der Waals surface area contributed by atoms with Crippen molar-refractivity contribution in [2.75, 3.05) is 106 Å². The second-order valence-electron chi connectivity index (χ2n) is 33.1. The molecule has 0 spiro atoms. The standard InChI is InChI=1S/C31H37F4N3O3.C30H33F4N3O2.C28H32FN3O4/c1-19-14-24(16-25(15-19)31(33,34)35)20(2)36(3)30(40)38-11-8-23-17-37(29(39)22-9-12-41-13-10-22)18-27(23)28(38)21-4-6-26(32)7-5-21;1-18-12-22(14-23(13-18)30(32,33)34)19(2)35(3)29(39)37-11-10-21-16-36(25-8-9-26(38)15-25)17-27(21)28(37)20-4-6-24(31)7-5-20;1-18-11-19(2)13-20(12-18)14-25(33)32-8-7-22-15-31(26(34)17-30-9-10-36-28(30)35)16-24(22)27(32)21-3-5-23(29)6-4-21/h4-7,14-16,20,22-23,27-28H,8-13,17-18H2,1-3H3;4-7,12-15,19,21,27-28H,8-11,16-17H2,1-3H3;3-6,11-13,22,24,27H,7-10,14-17H2,1-2H3/t20?,23-,27?,28+;19?,21-,27?,28+;22-,24?,27+/m111/s1. The third kappa shape index (κ3) is 18.9. The van der Waals surface area contributed by atoms with Gasteiger partial charge in [-0.15, -0.1) is 0 Å². The number of nitrogens with zero attached hydrogens (tertiary/aromatic N) is 9. The van der Waals surface area contributed by atoms with Gasteiger partial charge in [0.2, 0.25) is 17.7 Å². The van der Waals surface area contributed by atoms with Gasteiger partial charge in [-0.3, -0.25) is 24.1 Å². The molecule has 0 saturated carbocycles. The van der Waals surface area contributed by atoms with Crippen LogP contribution in [0.15, 0.2) is 139 Å². The van der Waals surface area contributed by atoms with Gasteiger partial charge in [-0.25, -0.2) is 27.6 Å². The molecule has 0 aromatic heterocycles. The van der Waals surface area contributed by atoms with Crippen LogP contribution in [0, 0.1) is 86.6 Å². The number of hydrogen-bond acceptors (Lipinski definition) is 10. The van der Waals surface area contributed by atoms with Gasteiger partial charge in [-0.05, 0) is 192 Å². The molecule has 116 heavy (non-hydrogen) atoms. The molecule has 5 unspecified atom stereocenters. The highest BCUT2D eigenvalue weighted by molar-refractivity contribution is 5.93. The Morgan fingerprint density at radius 1 is 0.483 bits per heavy atom. The van der Waals surface area contributed by atoms with E-state index in [0.717, 1.165) is 89.2 Å². The van der Waals surface area contributed by atoms with Crippen LogP contribution >= 0.6 is 0 Å². The quantitative estimate of drug-likeness (QED) is 0.102. The molecule has 1 aliphatic carbocycles. The van der Waals surface area contributed by atoms with E-state index in [4.69, 9.17) is 9.47 Å². The van der Waals surface area contributed by atoms with Gasteiger partial charge in [0.05, 0.1) is 54.3 Å². The van der Waals surface area contributed by atoms with Crippen molar-refractivity contribution in [3.8, 4) is 0 Å². The van der Waals surface area contributed by atoms with Gasteiger partial charge in [0.1, 0.15) is 30.6 Å². The van der Waals surface area contributed by atoms with Crippen molar-refractivity contribution < 1.29 is 82.5 Å². The minimum atomic E-state index is -4.49. The van der Waals surface area contributed by atoms with E-state index < -0.39 is 47.7 Å². The SMILES string of the molecule is Cc1cc(C(C)N(C)C(=O)N2CC[C@@H]3CN(C(=O)C4CCOCC4)CC3[C@@H]2c2ccc(F)cc2)cc(C(F)(F)F)c1.Cc1cc(C(C)N(C)C(=O)N2CC[C@@H]3CN(C4=CC(=O)CC4)CC3[C@@H]2c2ccc(F)cc2)cc(C(F)(F)F)c1.Cc1cc(C)cc(CC(=O)N2CC[C@@H]3CN(C(=O)CN4CCOC4=O)CC3[C@@H]2c2ccc(F)cc2)c1. The van der Waals surface area contributed by atoms with Crippen LogP contribution in [0.1, 0.15) is 156 Å². The third-order valence-electron chi connectivity index (χ3n) is 25.4. The van der Waals surface area contributed by atoms with Crippen LogP contribution in [0.5, 0.6) is 0 Å². The summed E-state index contributed by atoms with van der Waals surface area (Å²) in [6.07, 6.45) is -2.47. The Hall–Kier alpha value is -9.92. The summed E-state index contributed by atoms with van der Waals surface area (Å²) in [5, 5.41) is 0. The topological polar surface area (TPSA) is 167 Å². The number of ether oxygens (including phenoxy) is 2. The molecule has 18 nitrogen and oxygen atoms in total. The van der Waals surface area contributed by atoms with Gasteiger partial charge >= 0.3 is 30.5 Å². The molecular formula is C89H102F9N9O9. The Bertz CT molecular complexity index is 4620. The number of cyclic esters (lactones) is 1. The van der Waals surface area contributed by atoms with Crippen LogP contribution in [-0.4, -0.2) is 192 Å². The van der Waals surface area contributed by atoms with Gasteiger partial charge in [0.25, 0.3) is 0 Å². The van der Waals surface area contributed by atoms with Gasteiger partial charge in [0.15, 0.2) is 5.78 Å². The number of aryl methyl sites for hydroxylation is 4. The number of hydrogen-bond donors (Lipinski definition) is 0. The highest BCUT2D eigenvalue weighted by atomic mass is 19.4. The van der Waals surface area contributed by atoms with E-state index in [1.165, 1.54) is 51.1 Å². The molecule has 9 aliphatic rings. The van der Waals surface area contributed by atoms with E-state index in [-0.39, 0.29) is 107 Å². The molecule has 620 valence electrons. The van der Waals surface area contributed by atoms with E-state index in [1.54, 1.807) is 106 Å². The second-order valence-corrected chi connectivity index (χ2v) is 33.1. The van der Waals surface area contributed by atoms with Gasteiger partial charge in [0, 0.05) is 128 Å². The fourth-order valence-corrected chi connectivity index (χ4v) is 19.2. The minimum absolute atomic E-state index is 0.00877. The monoisotopic (exact) mass is 1610 g/mol. The minimum Gasteiger partial charge on any atom is -0.448 e. The molecule has 8 heterocycles. The highest BCUT2D eigenvalue weighted by Crippen LogP contribution is 2.50. The van der Waals surface area contributed by atoms with Crippen molar-refractivity contribution in [2.24, 2.45) is 41.4 Å². The Labute approximate surface area is 671 Å². The first kappa shape index (κ1) is 84.0. The van der Waals surface area contributed by atoms with Crippen molar-refractivity contribution in [3.63, 3.8) is 0 Å². The van der Waals surface area contributed by atoms with Crippen molar-refractivity contribution in [3.05, 3.63) is 223 Å². The molecule has 8 aliphatic heterocycles. The summed E-state index contributed by atoms with van der Waals surface area (Å²) in [4.78, 5) is 108. The lowest BCUT2D eigenvalue weighted by Crippen LogP contribution is -2.50. The number of fused-ring (bicyclic) bond motifs is 3. The van der Waals surface area contributed by atoms with Crippen molar-refractivity contribution in [2.45, 2.75) is 135 Å². The van der Waals surface area contributed by atoms with E-state index in [0.29, 0.717) is 139 Å². The molecular weight excluding hydrogens is 1510 g/mol. The zero-order chi connectivity index (χ0) is 82.9. The summed E-state index contributed by atoms with van der Waals surface area (Å²) in [5.74, 6) is -0.130. The number of rotatable bonds is 13. The Morgan fingerprint density at radius 2 is 0.914 bits per heavy atom. The van der Waals surface area contributed by atoms with Gasteiger partial charge in [-0.2, -0.15) is 26.3 Å². The smallest absolute Gasteiger partial charge is 0.416 e. The molecule has 0 N–H and O–H groups in total. The summed E-state index contributed by atoms with van der Waals surface area (Å²) in [5.41, 5.74) is 7.04. The normalized spacial score (nSPS) is 24.0. The average Bonchev–Trinajstić information content (AvgIpc) is 1.74. The Kier molecular flexibility index (Phi) is 25.4. The summed E-state index contributed by atoms with van der Waals surface area (Å²) < 4.78 is 133. The average molecular weight is 1610 g/mol. The molecule has 0 radical (unpaired) electrons. The lowest BCUT2D eigenvalue weighted by molar-refractivity contribution is -0.138. The number of amides is 8. The number of ketones is 1. The van der Waals surface area contributed by atoms with Crippen molar-refractivity contribution in [1.29, 1.82) is 0 Å². The number of piperidine rings is 3. The van der Waals surface area contributed by atoms with E-state index in [2.05, 4.69) is 11.0 Å². The van der Waals surface area contributed by atoms with Crippen LogP contribution in [0.25, 0.3) is 0 Å². The molecule has 11 atom stereocenters. The lowest BCUT2D eigenvalue weighted by atomic mass is 9.78. The summed E-state index contributed by atoms with van der Waals surface area (Å²) in [6.45, 7) is 17.8. The maximum atomic E-state index is 14.0. The van der Waals surface area contributed by atoms with E-state index >= 15 is 0 Å². The van der Waals surface area contributed by atoms with E-state index in [1.807, 2.05) is 40.7 Å². The number of urea groups is 2. The summed E-state index contributed by atoms with van der Waals surface area (Å²) in [6, 6.07) is 29.9. The lowest BCUT2D eigenvalue weighted by Gasteiger charge is -2.45. The van der Waals surface area contributed by atoms with Crippen molar-refractivity contribution >= 4 is 41.7 Å². The number of halogens is 9. The van der Waals surface area contributed by atoms with Gasteiger partial charge < -0.3 is 48.7 Å². The summed E-state index contributed by atoms with van der Waals surface area (Å²) in [7, 11) is 3.22. The molecule has 6 aromatic carbocycles. The number of alkyl halides is 6. The molecule has 0 bridgehead atoms. The van der Waals surface area contributed by atoms with Crippen LogP contribution in [0.3, 0.4) is 0 Å². The molecule has 27 heteroatoms. The number of carbonyl (C=O) groups excluding carboxylic acids is 7. The fourth-order valence-electron chi connectivity index (χ4n) is 19.2. The maximum absolute atomic E-state index is 14.0. The third-order valence-corrected chi connectivity index (χ3v) is 25.4. The maximum Gasteiger partial charge on any atom is 0.416 e. The zero-order valence-electron chi connectivity index (χ0n) is 66.8. The molecule has 8 fully saturated rings. The predicted molar refractivity (Wildman–Crippen MR) is 416 cm³/mol. The van der Waals surface area contributed by atoms with Crippen LogP contribution in [0.2, 0.25) is 0 Å². The Balaban J connectivity index is 0.000000152. The van der Waals surface area contributed by atoms with Crippen LogP contribution < -0.4 is 0 Å². The number of allylic oxidation sites excluding steroid dienone is 2. The summed E-state index contributed by atoms with van der Waals surface area (Å²) >= 11 is 0. The Morgan fingerprint density at radius 3 is 1.36 bits per heavy atom. The van der Waals surface area contributed by atoms with Gasteiger partial charge in [-0.1, -0.05) is 89.0 Å². The fraction of sp³-hybridized carbons (Fsp3) is 0.494.